The van der Waals surface area contributed by atoms with Crippen molar-refractivity contribution in [3.8, 4) is 11.5 Å². The number of ether oxygens (including phenoxy) is 2. The number of carbonyl (C=O) groups is 1. The van der Waals surface area contributed by atoms with Crippen molar-refractivity contribution in [2.24, 2.45) is 0 Å². The predicted molar refractivity (Wildman–Crippen MR) is 102 cm³/mol. The first-order chi connectivity index (χ1) is 12.1. The number of rotatable bonds is 9. The Kier molecular flexibility index (Phi) is 7.08. The summed E-state index contributed by atoms with van der Waals surface area (Å²) in [4.78, 5) is 12.5. The number of carbonyl (C=O) groups excluding carboxylic acids is 1. The van der Waals surface area contributed by atoms with Gasteiger partial charge in [-0.2, -0.15) is 0 Å². The van der Waals surface area contributed by atoms with Crippen molar-refractivity contribution in [3.63, 3.8) is 0 Å². The number of hydrogen-bond acceptors (Lipinski definition) is 3. The maximum atomic E-state index is 12.5. The summed E-state index contributed by atoms with van der Waals surface area (Å²) in [6, 6.07) is 14.5. The average molecular weight is 339 g/mol. The lowest BCUT2D eigenvalue weighted by atomic mass is 10.2. The SMILES string of the molecule is C=C(C)COc1ccccc1NC(=O)c1ccc(OCCCC)cc1. The molecule has 0 aromatic heterocycles. The Morgan fingerprint density at radius 2 is 1.80 bits per heavy atom. The van der Waals surface area contributed by atoms with Crippen LogP contribution in [0, 0.1) is 0 Å². The van der Waals surface area contributed by atoms with E-state index in [1.54, 1.807) is 12.1 Å². The van der Waals surface area contributed by atoms with Crippen molar-refractivity contribution in [3.05, 3.63) is 66.2 Å². The lowest BCUT2D eigenvalue weighted by Gasteiger charge is -2.12. The van der Waals surface area contributed by atoms with Crippen molar-refractivity contribution in [1.29, 1.82) is 0 Å². The molecular formula is C21H25NO3. The number of nitrogens with one attached hydrogen (secondary N) is 1. The highest BCUT2D eigenvalue weighted by atomic mass is 16.5. The second-order valence-corrected chi connectivity index (χ2v) is 5.92. The minimum Gasteiger partial charge on any atom is -0.494 e. The fraction of sp³-hybridized carbons (Fsp3) is 0.286. The minimum absolute atomic E-state index is 0.188. The molecule has 1 amide bonds. The number of benzene rings is 2. The van der Waals surface area contributed by atoms with Crippen LogP contribution in [0.4, 0.5) is 5.69 Å². The van der Waals surface area contributed by atoms with Crippen molar-refractivity contribution in [2.45, 2.75) is 26.7 Å². The number of unbranched alkanes of at least 4 members (excludes halogenated alkanes) is 1. The van der Waals surface area contributed by atoms with E-state index < -0.39 is 0 Å². The van der Waals surface area contributed by atoms with Gasteiger partial charge >= 0.3 is 0 Å². The van der Waals surface area contributed by atoms with E-state index in [0.717, 1.165) is 24.2 Å². The molecule has 2 aromatic rings. The van der Waals surface area contributed by atoms with E-state index >= 15 is 0 Å². The summed E-state index contributed by atoms with van der Waals surface area (Å²) < 4.78 is 11.3. The first kappa shape index (κ1) is 18.6. The summed E-state index contributed by atoms with van der Waals surface area (Å²) in [5.74, 6) is 1.21. The molecule has 2 rings (SSSR count). The third-order valence-corrected chi connectivity index (χ3v) is 3.49. The highest BCUT2D eigenvalue weighted by Gasteiger charge is 2.10. The van der Waals surface area contributed by atoms with Gasteiger partial charge in [0.25, 0.3) is 5.91 Å². The third kappa shape index (κ3) is 5.99. The topological polar surface area (TPSA) is 47.6 Å². The molecule has 0 aliphatic heterocycles. The highest BCUT2D eigenvalue weighted by Crippen LogP contribution is 2.25. The lowest BCUT2D eigenvalue weighted by molar-refractivity contribution is 0.102. The molecule has 2 aromatic carbocycles. The average Bonchev–Trinajstić information content (AvgIpc) is 2.61. The third-order valence-electron chi connectivity index (χ3n) is 3.49. The van der Waals surface area contributed by atoms with E-state index in [0.29, 0.717) is 30.2 Å². The first-order valence-corrected chi connectivity index (χ1v) is 8.50. The van der Waals surface area contributed by atoms with Crippen LogP contribution in [0.1, 0.15) is 37.0 Å². The van der Waals surface area contributed by atoms with Gasteiger partial charge < -0.3 is 14.8 Å². The molecular weight excluding hydrogens is 314 g/mol. The van der Waals surface area contributed by atoms with Gasteiger partial charge in [-0.05, 0) is 55.3 Å². The molecule has 132 valence electrons. The van der Waals surface area contributed by atoms with E-state index in [9.17, 15) is 4.79 Å². The molecule has 0 fully saturated rings. The zero-order chi connectivity index (χ0) is 18.1. The van der Waals surface area contributed by atoms with Gasteiger partial charge in [-0.15, -0.1) is 0 Å². The van der Waals surface area contributed by atoms with Gasteiger partial charge in [0.15, 0.2) is 0 Å². The highest BCUT2D eigenvalue weighted by molar-refractivity contribution is 6.05. The van der Waals surface area contributed by atoms with Crippen LogP contribution < -0.4 is 14.8 Å². The van der Waals surface area contributed by atoms with Crippen molar-refractivity contribution in [1.82, 2.24) is 0 Å². The van der Waals surface area contributed by atoms with Crippen LogP contribution in [0.15, 0.2) is 60.7 Å². The zero-order valence-corrected chi connectivity index (χ0v) is 14.9. The van der Waals surface area contributed by atoms with Crippen LogP contribution in [0.5, 0.6) is 11.5 Å². The summed E-state index contributed by atoms with van der Waals surface area (Å²) in [5, 5.41) is 2.89. The molecule has 0 aliphatic carbocycles. The van der Waals surface area contributed by atoms with Gasteiger partial charge in [-0.3, -0.25) is 4.79 Å². The van der Waals surface area contributed by atoms with E-state index in [-0.39, 0.29) is 5.91 Å². The van der Waals surface area contributed by atoms with Gasteiger partial charge in [0.1, 0.15) is 18.1 Å². The molecule has 1 N–H and O–H groups in total. The van der Waals surface area contributed by atoms with Crippen LogP contribution in [0.3, 0.4) is 0 Å². The second kappa shape index (κ2) is 9.52. The molecule has 0 heterocycles. The van der Waals surface area contributed by atoms with E-state index in [4.69, 9.17) is 9.47 Å². The van der Waals surface area contributed by atoms with Crippen LogP contribution in [-0.2, 0) is 0 Å². The van der Waals surface area contributed by atoms with Gasteiger partial charge in [0, 0.05) is 5.56 Å². The molecule has 0 bridgehead atoms. The molecule has 4 heteroatoms. The first-order valence-electron chi connectivity index (χ1n) is 8.50. The van der Waals surface area contributed by atoms with Crippen LogP contribution in [0.2, 0.25) is 0 Å². The van der Waals surface area contributed by atoms with Crippen molar-refractivity contribution < 1.29 is 14.3 Å². The Balaban J connectivity index is 2.01. The summed E-state index contributed by atoms with van der Waals surface area (Å²) >= 11 is 0. The largest absolute Gasteiger partial charge is 0.494 e. The Bertz CT molecular complexity index is 707. The second-order valence-electron chi connectivity index (χ2n) is 5.92. The monoisotopic (exact) mass is 339 g/mol. The van der Waals surface area contributed by atoms with Crippen LogP contribution in [0.25, 0.3) is 0 Å². The molecule has 0 spiro atoms. The van der Waals surface area contributed by atoms with Crippen molar-refractivity contribution in [2.75, 3.05) is 18.5 Å². The van der Waals surface area contributed by atoms with E-state index in [2.05, 4.69) is 18.8 Å². The standard InChI is InChI=1S/C21H25NO3/c1-4-5-14-24-18-12-10-17(11-13-18)21(23)22-19-8-6-7-9-20(19)25-15-16(2)3/h6-13H,2,4-5,14-15H2,1,3H3,(H,22,23). The van der Waals surface area contributed by atoms with Crippen LogP contribution in [-0.4, -0.2) is 19.1 Å². The fourth-order valence-corrected chi connectivity index (χ4v) is 2.13. The molecule has 0 aliphatic rings. The Hall–Kier alpha value is -2.75. The zero-order valence-electron chi connectivity index (χ0n) is 14.9. The summed E-state index contributed by atoms with van der Waals surface area (Å²) in [7, 11) is 0. The normalized spacial score (nSPS) is 10.2. The van der Waals surface area contributed by atoms with Gasteiger partial charge in [0.05, 0.1) is 12.3 Å². The van der Waals surface area contributed by atoms with E-state index in [1.165, 1.54) is 0 Å². The molecule has 0 saturated carbocycles. The number of anilines is 1. The molecule has 0 saturated heterocycles. The molecule has 0 radical (unpaired) electrons. The molecule has 25 heavy (non-hydrogen) atoms. The molecule has 0 atom stereocenters. The smallest absolute Gasteiger partial charge is 0.255 e. The quantitative estimate of drug-likeness (QED) is 0.512. The van der Waals surface area contributed by atoms with Crippen molar-refractivity contribution >= 4 is 11.6 Å². The Labute approximate surface area is 149 Å². The maximum absolute atomic E-state index is 12.5. The van der Waals surface area contributed by atoms with Crippen LogP contribution >= 0.6 is 0 Å². The number of para-hydroxylation sites is 2. The molecule has 0 unspecified atom stereocenters. The summed E-state index contributed by atoms with van der Waals surface area (Å²) in [6.45, 7) is 8.94. The Morgan fingerprint density at radius 3 is 2.48 bits per heavy atom. The number of hydrogen-bond donors (Lipinski definition) is 1. The van der Waals surface area contributed by atoms with E-state index in [1.807, 2.05) is 43.3 Å². The van der Waals surface area contributed by atoms with Gasteiger partial charge in [-0.25, -0.2) is 0 Å². The lowest BCUT2D eigenvalue weighted by Crippen LogP contribution is -2.13. The van der Waals surface area contributed by atoms with Gasteiger partial charge in [-0.1, -0.05) is 32.1 Å². The number of amides is 1. The fourth-order valence-electron chi connectivity index (χ4n) is 2.13. The maximum Gasteiger partial charge on any atom is 0.255 e. The van der Waals surface area contributed by atoms with Gasteiger partial charge in [0.2, 0.25) is 0 Å². The Morgan fingerprint density at radius 1 is 1.08 bits per heavy atom. The minimum atomic E-state index is -0.188. The predicted octanol–water partition coefficient (Wildman–Crippen LogP) is 5.07. The summed E-state index contributed by atoms with van der Waals surface area (Å²) in [6.07, 6.45) is 2.11. The summed E-state index contributed by atoms with van der Waals surface area (Å²) in [5.41, 5.74) is 2.12. The molecule has 4 nitrogen and oxygen atoms in total.